The molecule has 1 aliphatic rings. The van der Waals surface area contributed by atoms with Crippen LogP contribution in [0.2, 0.25) is 0 Å². The molecule has 1 aromatic rings. The number of hydrogen-bond acceptors (Lipinski definition) is 2. The lowest BCUT2D eigenvalue weighted by molar-refractivity contribution is 0.252. The molecular weight excluding hydrogens is 228 g/mol. The SMILES string of the molecule is Cn1ccc(NC(=O)NCCC2=CCCCC2)n1. The van der Waals surface area contributed by atoms with E-state index in [1.54, 1.807) is 16.9 Å². The molecule has 0 aromatic carbocycles. The first kappa shape index (κ1) is 12.7. The van der Waals surface area contributed by atoms with E-state index >= 15 is 0 Å². The predicted molar refractivity (Wildman–Crippen MR) is 71.4 cm³/mol. The summed E-state index contributed by atoms with van der Waals surface area (Å²) in [4.78, 5) is 11.6. The van der Waals surface area contributed by atoms with Crippen molar-refractivity contribution >= 4 is 11.8 Å². The van der Waals surface area contributed by atoms with Crippen LogP contribution in [0.5, 0.6) is 0 Å². The minimum Gasteiger partial charge on any atom is -0.338 e. The van der Waals surface area contributed by atoms with E-state index in [9.17, 15) is 4.79 Å². The standard InChI is InChI=1S/C13H20N4O/c1-17-10-8-12(16-17)15-13(18)14-9-7-11-5-3-2-4-6-11/h5,8,10H,2-4,6-7,9H2,1H3,(H2,14,15,16,18). The molecule has 0 aliphatic heterocycles. The van der Waals surface area contributed by atoms with E-state index in [2.05, 4.69) is 21.8 Å². The van der Waals surface area contributed by atoms with Gasteiger partial charge in [-0.1, -0.05) is 11.6 Å². The summed E-state index contributed by atoms with van der Waals surface area (Å²) in [6.07, 6.45) is 10.0. The zero-order valence-electron chi connectivity index (χ0n) is 10.8. The molecule has 0 spiro atoms. The van der Waals surface area contributed by atoms with Gasteiger partial charge in [0.1, 0.15) is 0 Å². The maximum absolute atomic E-state index is 11.6. The Hall–Kier alpha value is -1.78. The Morgan fingerprint density at radius 2 is 2.39 bits per heavy atom. The molecule has 0 saturated carbocycles. The number of aryl methyl sites for hydroxylation is 1. The summed E-state index contributed by atoms with van der Waals surface area (Å²) in [6.45, 7) is 0.685. The monoisotopic (exact) mass is 248 g/mol. The van der Waals surface area contributed by atoms with Crippen molar-refractivity contribution in [3.8, 4) is 0 Å². The number of nitrogens with one attached hydrogen (secondary N) is 2. The number of allylic oxidation sites excluding steroid dienone is 1. The van der Waals surface area contributed by atoms with Gasteiger partial charge in [0.15, 0.2) is 5.82 Å². The highest BCUT2D eigenvalue weighted by atomic mass is 16.2. The molecule has 98 valence electrons. The predicted octanol–water partition coefficient (Wildman–Crippen LogP) is 2.43. The lowest BCUT2D eigenvalue weighted by atomic mass is 9.97. The van der Waals surface area contributed by atoms with Gasteiger partial charge in [-0.05, 0) is 32.1 Å². The summed E-state index contributed by atoms with van der Waals surface area (Å²) in [5, 5.41) is 9.63. The van der Waals surface area contributed by atoms with Crippen LogP contribution in [-0.2, 0) is 7.05 Å². The Bertz CT molecular complexity index is 436. The fourth-order valence-electron chi connectivity index (χ4n) is 2.11. The Morgan fingerprint density at radius 1 is 1.50 bits per heavy atom. The van der Waals surface area contributed by atoms with E-state index in [1.807, 2.05) is 7.05 Å². The third kappa shape index (κ3) is 3.91. The van der Waals surface area contributed by atoms with Crippen LogP contribution < -0.4 is 10.6 Å². The number of rotatable bonds is 4. The maximum atomic E-state index is 11.6. The zero-order chi connectivity index (χ0) is 12.8. The Kier molecular flexibility index (Phi) is 4.39. The molecule has 5 nitrogen and oxygen atoms in total. The number of anilines is 1. The lowest BCUT2D eigenvalue weighted by Crippen LogP contribution is -2.30. The molecule has 1 heterocycles. The van der Waals surface area contributed by atoms with Crippen LogP contribution in [-0.4, -0.2) is 22.4 Å². The summed E-state index contributed by atoms with van der Waals surface area (Å²) in [7, 11) is 1.82. The number of nitrogens with zero attached hydrogens (tertiary/aromatic N) is 2. The van der Waals surface area contributed by atoms with Crippen LogP contribution in [0.25, 0.3) is 0 Å². The van der Waals surface area contributed by atoms with Gasteiger partial charge in [0.05, 0.1) is 0 Å². The van der Waals surface area contributed by atoms with Crippen LogP contribution >= 0.6 is 0 Å². The third-order valence-electron chi connectivity index (χ3n) is 3.07. The van der Waals surface area contributed by atoms with E-state index in [4.69, 9.17) is 0 Å². The lowest BCUT2D eigenvalue weighted by Gasteiger charge is -2.12. The first-order chi connectivity index (χ1) is 8.74. The van der Waals surface area contributed by atoms with Gasteiger partial charge in [-0.2, -0.15) is 5.10 Å². The molecule has 0 atom stereocenters. The second kappa shape index (κ2) is 6.23. The van der Waals surface area contributed by atoms with Crippen LogP contribution in [0.4, 0.5) is 10.6 Å². The number of urea groups is 1. The van der Waals surface area contributed by atoms with Crippen LogP contribution in [0, 0.1) is 0 Å². The average Bonchev–Trinajstić information content (AvgIpc) is 2.76. The van der Waals surface area contributed by atoms with Crippen molar-refractivity contribution < 1.29 is 4.79 Å². The summed E-state index contributed by atoms with van der Waals surface area (Å²) in [5.74, 6) is 0.576. The molecule has 0 unspecified atom stereocenters. The van der Waals surface area contributed by atoms with Gasteiger partial charge in [0.2, 0.25) is 0 Å². The number of aromatic nitrogens is 2. The molecule has 5 heteroatoms. The fourth-order valence-corrected chi connectivity index (χ4v) is 2.11. The second-order valence-electron chi connectivity index (χ2n) is 4.61. The number of amides is 2. The van der Waals surface area contributed by atoms with Gasteiger partial charge < -0.3 is 5.32 Å². The maximum Gasteiger partial charge on any atom is 0.320 e. The van der Waals surface area contributed by atoms with Crippen molar-refractivity contribution in [3.05, 3.63) is 23.9 Å². The van der Waals surface area contributed by atoms with Crippen LogP contribution in [0.15, 0.2) is 23.9 Å². The molecule has 2 amide bonds. The summed E-state index contributed by atoms with van der Waals surface area (Å²) < 4.78 is 1.66. The first-order valence-corrected chi connectivity index (χ1v) is 6.46. The molecule has 2 N–H and O–H groups in total. The highest BCUT2D eigenvalue weighted by molar-refractivity contribution is 5.88. The quantitative estimate of drug-likeness (QED) is 0.804. The highest BCUT2D eigenvalue weighted by Gasteiger charge is 2.06. The fraction of sp³-hybridized carbons (Fsp3) is 0.538. The molecule has 2 rings (SSSR count). The number of hydrogen-bond donors (Lipinski definition) is 2. The summed E-state index contributed by atoms with van der Waals surface area (Å²) >= 11 is 0. The van der Waals surface area contributed by atoms with Crippen molar-refractivity contribution in [2.24, 2.45) is 7.05 Å². The van der Waals surface area contributed by atoms with Crippen molar-refractivity contribution in [3.63, 3.8) is 0 Å². The second-order valence-corrected chi connectivity index (χ2v) is 4.61. The van der Waals surface area contributed by atoms with E-state index in [1.165, 1.54) is 31.3 Å². The average molecular weight is 248 g/mol. The zero-order valence-corrected chi connectivity index (χ0v) is 10.8. The van der Waals surface area contributed by atoms with E-state index in [0.29, 0.717) is 12.4 Å². The molecule has 1 aliphatic carbocycles. The van der Waals surface area contributed by atoms with Crippen molar-refractivity contribution in [1.82, 2.24) is 15.1 Å². The molecule has 0 bridgehead atoms. The van der Waals surface area contributed by atoms with Crippen LogP contribution in [0.3, 0.4) is 0 Å². The minimum absolute atomic E-state index is 0.190. The van der Waals surface area contributed by atoms with Crippen molar-refractivity contribution in [1.29, 1.82) is 0 Å². The van der Waals surface area contributed by atoms with E-state index < -0.39 is 0 Å². The molecule has 0 fully saturated rings. The Balaban J connectivity index is 1.67. The Morgan fingerprint density at radius 3 is 3.06 bits per heavy atom. The summed E-state index contributed by atoms with van der Waals surface area (Å²) in [6, 6.07) is 1.58. The molecule has 0 radical (unpaired) electrons. The van der Waals surface area contributed by atoms with Gasteiger partial charge in [-0.15, -0.1) is 0 Å². The third-order valence-corrected chi connectivity index (χ3v) is 3.07. The molecular formula is C13H20N4O. The van der Waals surface area contributed by atoms with Gasteiger partial charge in [0, 0.05) is 25.9 Å². The molecule has 1 aromatic heterocycles. The smallest absolute Gasteiger partial charge is 0.320 e. The molecule has 0 saturated heterocycles. The van der Waals surface area contributed by atoms with Gasteiger partial charge in [-0.25, -0.2) is 4.79 Å². The van der Waals surface area contributed by atoms with E-state index in [-0.39, 0.29) is 6.03 Å². The van der Waals surface area contributed by atoms with Gasteiger partial charge in [-0.3, -0.25) is 10.00 Å². The minimum atomic E-state index is -0.190. The summed E-state index contributed by atoms with van der Waals surface area (Å²) in [5.41, 5.74) is 1.47. The number of carbonyl (C=O) groups is 1. The molecule has 18 heavy (non-hydrogen) atoms. The topological polar surface area (TPSA) is 59.0 Å². The van der Waals surface area contributed by atoms with Gasteiger partial charge in [0.25, 0.3) is 0 Å². The van der Waals surface area contributed by atoms with Gasteiger partial charge >= 0.3 is 6.03 Å². The Labute approximate surface area is 107 Å². The number of carbonyl (C=O) groups excluding carboxylic acids is 1. The first-order valence-electron chi connectivity index (χ1n) is 6.46. The highest BCUT2D eigenvalue weighted by Crippen LogP contribution is 2.19. The van der Waals surface area contributed by atoms with Crippen LogP contribution in [0.1, 0.15) is 32.1 Å². The normalized spacial score (nSPS) is 15.1. The van der Waals surface area contributed by atoms with Crippen molar-refractivity contribution in [2.75, 3.05) is 11.9 Å². The van der Waals surface area contributed by atoms with E-state index in [0.717, 1.165) is 6.42 Å². The van der Waals surface area contributed by atoms with Crippen molar-refractivity contribution in [2.45, 2.75) is 32.1 Å². The largest absolute Gasteiger partial charge is 0.338 e.